The number of benzene rings is 1. The number of para-hydroxylation sites is 1. The number of anilines is 2. The highest BCUT2D eigenvalue weighted by Gasteiger charge is 2.55. The van der Waals surface area contributed by atoms with Crippen molar-refractivity contribution < 1.29 is 17.9 Å². The predicted molar refractivity (Wildman–Crippen MR) is 140 cm³/mol. The van der Waals surface area contributed by atoms with E-state index in [1.807, 2.05) is 57.1 Å². The Morgan fingerprint density at radius 1 is 1.14 bits per heavy atom. The number of aromatic nitrogens is 2. The molecule has 1 aromatic heterocycles. The number of hydrogen-bond acceptors (Lipinski definition) is 6. The summed E-state index contributed by atoms with van der Waals surface area (Å²) in [5.41, 5.74) is 2.80. The van der Waals surface area contributed by atoms with Crippen molar-refractivity contribution in [3.05, 3.63) is 47.2 Å². The summed E-state index contributed by atoms with van der Waals surface area (Å²) < 4.78 is 43.3. The molecular formula is C28H36F3N5O. The molecule has 2 aromatic rings. The first-order valence-electron chi connectivity index (χ1n) is 13.1. The average Bonchev–Trinajstić information content (AvgIpc) is 3.48. The maximum Gasteiger partial charge on any atom is 0.573 e. The Hall–Kier alpha value is -2.81. The highest BCUT2D eigenvalue weighted by atomic mass is 19.4. The van der Waals surface area contributed by atoms with E-state index in [0.717, 1.165) is 60.8 Å². The van der Waals surface area contributed by atoms with Gasteiger partial charge in [-0.1, -0.05) is 24.6 Å². The van der Waals surface area contributed by atoms with E-state index in [1.54, 1.807) is 0 Å². The Morgan fingerprint density at radius 3 is 2.57 bits per heavy atom. The van der Waals surface area contributed by atoms with E-state index in [-0.39, 0.29) is 17.1 Å². The first kappa shape index (κ1) is 25.8. The van der Waals surface area contributed by atoms with Gasteiger partial charge >= 0.3 is 6.36 Å². The van der Waals surface area contributed by atoms with Gasteiger partial charge in [0, 0.05) is 38.1 Å². The zero-order chi connectivity index (χ0) is 26.4. The van der Waals surface area contributed by atoms with Crippen LogP contribution in [0.5, 0.6) is 0 Å². The van der Waals surface area contributed by atoms with Crippen molar-refractivity contribution in [1.82, 2.24) is 15.3 Å². The summed E-state index contributed by atoms with van der Waals surface area (Å²) in [5, 5.41) is 8.17. The van der Waals surface area contributed by atoms with Crippen LogP contribution in [0.15, 0.2) is 47.2 Å². The second-order valence-corrected chi connectivity index (χ2v) is 11.2. The minimum Gasteiger partial charge on any atom is -0.406 e. The molecule has 37 heavy (non-hydrogen) atoms. The van der Waals surface area contributed by atoms with Gasteiger partial charge in [-0.05, 0) is 80.6 Å². The smallest absolute Gasteiger partial charge is 0.406 e. The molecular weight excluding hydrogens is 479 g/mol. The largest absolute Gasteiger partial charge is 0.573 e. The molecule has 2 saturated carbocycles. The lowest BCUT2D eigenvalue weighted by molar-refractivity contribution is -0.304. The molecule has 0 aliphatic heterocycles. The Labute approximate surface area is 216 Å². The number of ether oxygens (including phenoxy) is 1. The van der Waals surface area contributed by atoms with Crippen LogP contribution >= 0.6 is 0 Å². The first-order chi connectivity index (χ1) is 17.5. The lowest BCUT2D eigenvalue weighted by Gasteiger charge is -2.32. The molecule has 2 atom stereocenters. The van der Waals surface area contributed by atoms with Gasteiger partial charge in [0.15, 0.2) is 0 Å². The predicted octanol–water partition coefficient (Wildman–Crippen LogP) is 6.18. The van der Waals surface area contributed by atoms with Crippen LogP contribution in [0.1, 0.15) is 52.4 Å². The number of rotatable bonds is 7. The lowest BCUT2D eigenvalue weighted by atomic mass is 9.82. The molecule has 5 rings (SSSR count). The van der Waals surface area contributed by atoms with Crippen molar-refractivity contribution in [2.75, 3.05) is 30.9 Å². The molecule has 2 N–H and O–H groups in total. The Bertz CT molecular complexity index is 1210. The van der Waals surface area contributed by atoms with Gasteiger partial charge < -0.3 is 20.3 Å². The van der Waals surface area contributed by atoms with Gasteiger partial charge in [-0.15, -0.1) is 13.2 Å². The van der Waals surface area contributed by atoms with E-state index in [2.05, 4.69) is 15.4 Å². The Morgan fingerprint density at radius 2 is 1.86 bits per heavy atom. The highest BCUT2D eigenvalue weighted by molar-refractivity contribution is 5.90. The lowest BCUT2D eigenvalue weighted by Crippen LogP contribution is -2.37. The number of hydrogen-bond donors (Lipinski definition) is 2. The van der Waals surface area contributed by atoms with Gasteiger partial charge in [0.25, 0.3) is 0 Å². The van der Waals surface area contributed by atoms with E-state index in [1.165, 1.54) is 6.08 Å². The number of alkyl halides is 3. The molecule has 1 unspecified atom stereocenters. The minimum atomic E-state index is -4.68. The summed E-state index contributed by atoms with van der Waals surface area (Å²) in [7, 11) is 3.98. The van der Waals surface area contributed by atoms with Crippen LogP contribution in [0.4, 0.5) is 24.9 Å². The summed E-state index contributed by atoms with van der Waals surface area (Å²) in [6.45, 7) is 4.25. The molecule has 3 aliphatic rings. The highest BCUT2D eigenvalue weighted by Crippen LogP contribution is 2.57. The summed E-state index contributed by atoms with van der Waals surface area (Å²) >= 11 is 0. The Balaban J connectivity index is 1.19. The fourth-order valence-corrected chi connectivity index (χ4v) is 6.08. The monoisotopic (exact) mass is 515 g/mol. The number of nitrogens with zero attached hydrogens (tertiary/aromatic N) is 3. The molecule has 1 spiro atoms. The van der Waals surface area contributed by atoms with E-state index >= 15 is 0 Å². The van der Waals surface area contributed by atoms with Crippen molar-refractivity contribution in [2.24, 2.45) is 11.3 Å². The van der Waals surface area contributed by atoms with Gasteiger partial charge in [0.2, 0.25) is 5.95 Å². The summed E-state index contributed by atoms with van der Waals surface area (Å²) in [4.78, 5) is 11.6. The minimum absolute atomic E-state index is 0.0239. The molecule has 0 amide bonds. The van der Waals surface area contributed by atoms with Gasteiger partial charge in [-0.3, -0.25) is 0 Å². The van der Waals surface area contributed by atoms with Gasteiger partial charge in [-0.2, -0.15) is 4.98 Å². The maximum absolute atomic E-state index is 13.0. The molecule has 1 heterocycles. The molecule has 0 saturated heterocycles. The number of fused-ring (bicyclic) bond motifs is 1. The standard InChI is InChI=1S/C28H36F3N5O/c1-17-13-18(2)21(23(14-17)37-28(29,30)31)16-32-19-9-11-27(12-10-19)15-24(27)34-26-33-22-8-6-5-7-20(22)25(35-26)36(3)4/h5-8,14,18-19,24,32H,9-13,15-16H2,1-4H3,(H,33,34,35)/t18?,19?,24-,27?/m1/s1. The zero-order valence-electron chi connectivity index (χ0n) is 22.0. The van der Waals surface area contributed by atoms with Crippen LogP contribution in [-0.4, -0.2) is 49.1 Å². The van der Waals surface area contributed by atoms with Crippen LogP contribution in [0.2, 0.25) is 0 Å². The van der Waals surface area contributed by atoms with Crippen LogP contribution in [0.3, 0.4) is 0 Å². The SMILES string of the molecule is CC1=CC(OC(F)(F)F)=C(CNC2CCC3(CC2)C[C@H]3Nc2nc(N(C)C)c3ccccc3n2)C(C)C1. The molecule has 0 radical (unpaired) electrons. The van der Waals surface area contributed by atoms with E-state index in [0.29, 0.717) is 30.1 Å². The summed E-state index contributed by atoms with van der Waals surface area (Å²) in [6.07, 6.45) is 2.89. The van der Waals surface area contributed by atoms with Crippen molar-refractivity contribution in [1.29, 1.82) is 0 Å². The van der Waals surface area contributed by atoms with Crippen molar-refractivity contribution in [2.45, 2.75) is 70.8 Å². The first-order valence-corrected chi connectivity index (χ1v) is 13.1. The third-order valence-electron chi connectivity index (χ3n) is 8.21. The molecule has 2 fully saturated rings. The molecule has 1 aromatic carbocycles. The second kappa shape index (κ2) is 9.82. The number of halogens is 3. The average molecular weight is 516 g/mol. The molecule has 200 valence electrons. The quantitative estimate of drug-likeness (QED) is 0.460. The second-order valence-electron chi connectivity index (χ2n) is 11.2. The summed E-state index contributed by atoms with van der Waals surface area (Å²) in [5.74, 6) is 1.56. The van der Waals surface area contributed by atoms with Crippen LogP contribution < -0.4 is 15.5 Å². The van der Waals surface area contributed by atoms with Crippen LogP contribution in [-0.2, 0) is 4.74 Å². The van der Waals surface area contributed by atoms with Gasteiger partial charge in [0.1, 0.15) is 11.6 Å². The van der Waals surface area contributed by atoms with E-state index < -0.39 is 6.36 Å². The fourth-order valence-electron chi connectivity index (χ4n) is 6.08. The van der Waals surface area contributed by atoms with E-state index in [9.17, 15) is 13.2 Å². The third kappa shape index (κ3) is 5.71. The number of nitrogens with one attached hydrogen (secondary N) is 2. The topological polar surface area (TPSA) is 62.3 Å². The van der Waals surface area contributed by atoms with Crippen molar-refractivity contribution in [3.8, 4) is 0 Å². The Kier molecular flexibility index (Phi) is 6.85. The van der Waals surface area contributed by atoms with Gasteiger partial charge in [-0.25, -0.2) is 4.98 Å². The molecule has 3 aliphatic carbocycles. The number of allylic oxidation sites excluding steroid dienone is 2. The fraction of sp³-hybridized carbons (Fsp3) is 0.571. The van der Waals surface area contributed by atoms with Crippen LogP contribution in [0, 0.1) is 11.3 Å². The molecule has 6 nitrogen and oxygen atoms in total. The van der Waals surface area contributed by atoms with Crippen LogP contribution in [0.25, 0.3) is 10.9 Å². The van der Waals surface area contributed by atoms with E-state index in [4.69, 9.17) is 9.97 Å². The molecule has 9 heteroatoms. The third-order valence-corrected chi connectivity index (χ3v) is 8.21. The van der Waals surface area contributed by atoms with Crippen molar-refractivity contribution in [3.63, 3.8) is 0 Å². The summed E-state index contributed by atoms with van der Waals surface area (Å²) in [6, 6.07) is 8.70. The van der Waals surface area contributed by atoms with Crippen molar-refractivity contribution >= 4 is 22.7 Å². The maximum atomic E-state index is 13.0. The zero-order valence-corrected chi connectivity index (χ0v) is 22.0. The van der Waals surface area contributed by atoms with Gasteiger partial charge in [0.05, 0.1) is 5.52 Å². The normalized spacial score (nSPS) is 27.9. The molecule has 0 bridgehead atoms.